The molecule has 1 aromatic rings. The predicted molar refractivity (Wildman–Crippen MR) is 112 cm³/mol. The van der Waals surface area contributed by atoms with Crippen LogP contribution in [0.25, 0.3) is 5.70 Å². The molecule has 0 aliphatic carbocycles. The fourth-order valence-corrected chi connectivity index (χ4v) is 3.66. The number of aromatic amines is 1. The van der Waals surface area contributed by atoms with Crippen LogP contribution in [0.2, 0.25) is 0 Å². The number of amides is 1. The zero-order chi connectivity index (χ0) is 20.9. The monoisotopic (exact) mass is 393 g/mol. The van der Waals surface area contributed by atoms with Crippen molar-refractivity contribution in [3.63, 3.8) is 0 Å². The molecule has 2 fully saturated rings. The van der Waals surface area contributed by atoms with E-state index in [-0.39, 0.29) is 17.3 Å². The summed E-state index contributed by atoms with van der Waals surface area (Å²) in [6.45, 7) is 9.80. The fourth-order valence-electron chi connectivity index (χ4n) is 3.66. The van der Waals surface area contributed by atoms with Crippen molar-refractivity contribution < 1.29 is 9.53 Å². The number of carbonyl (C=O) groups is 1. The molecule has 9 nitrogen and oxygen atoms in total. The second-order valence-electron chi connectivity index (χ2n) is 7.34. The molecule has 1 amide bonds. The molecular weight excluding hydrogens is 358 g/mol. The lowest BCUT2D eigenvalue weighted by atomic mass is 9.86. The Balaban J connectivity index is 0.00000136. The minimum Gasteiger partial charge on any atom is -0.393 e. The van der Waals surface area contributed by atoms with Gasteiger partial charge in [0.25, 0.3) is 5.91 Å². The Labute approximate surface area is 166 Å². The molecule has 28 heavy (non-hydrogen) atoms. The molecule has 1 aromatic heterocycles. The zero-order valence-electron chi connectivity index (χ0n) is 17.1. The molecule has 158 valence electrons. The first-order chi connectivity index (χ1) is 13.4. The first-order valence-corrected chi connectivity index (χ1v) is 9.90. The van der Waals surface area contributed by atoms with Crippen LogP contribution in [0.5, 0.6) is 0 Å². The molecular formula is C19H35N7O2. The number of piperidine rings is 1. The highest BCUT2D eigenvalue weighted by atomic mass is 16.5. The molecule has 9 heteroatoms. The Bertz CT molecular complexity index is 691. The average molecular weight is 394 g/mol. The number of ether oxygens (including phenoxy) is 1. The second-order valence-corrected chi connectivity index (χ2v) is 7.34. The number of H-pyrrole nitrogens is 1. The summed E-state index contributed by atoms with van der Waals surface area (Å²) >= 11 is 0. The number of primary amides is 1. The largest absolute Gasteiger partial charge is 0.393 e. The number of nitrogens with two attached hydrogens (primary N) is 4. The van der Waals surface area contributed by atoms with E-state index in [4.69, 9.17) is 27.7 Å². The van der Waals surface area contributed by atoms with Gasteiger partial charge in [-0.15, -0.1) is 0 Å². The number of carbonyl (C=O) groups excluding carboxylic acids is 1. The third-order valence-corrected chi connectivity index (χ3v) is 5.66. The van der Waals surface area contributed by atoms with Crippen LogP contribution in [0, 0.1) is 5.92 Å². The first kappa shape index (κ1) is 22.1. The summed E-state index contributed by atoms with van der Waals surface area (Å²) in [4.78, 5) is 17.0. The maximum absolute atomic E-state index is 11.7. The summed E-state index contributed by atoms with van der Waals surface area (Å²) in [7, 11) is 0. The van der Waals surface area contributed by atoms with Crippen molar-refractivity contribution in [3.8, 4) is 0 Å². The second kappa shape index (κ2) is 9.31. The molecule has 0 radical (unpaired) electrons. The third kappa shape index (κ3) is 4.26. The van der Waals surface area contributed by atoms with E-state index in [0.29, 0.717) is 42.8 Å². The Morgan fingerprint density at radius 1 is 1.39 bits per heavy atom. The normalized spacial score (nSPS) is 25.0. The number of hydrogen-bond acceptors (Lipinski definition) is 7. The number of rotatable bonds is 6. The molecule has 2 aliphatic heterocycles. The van der Waals surface area contributed by atoms with E-state index in [2.05, 4.69) is 22.1 Å². The van der Waals surface area contributed by atoms with Crippen LogP contribution < -0.4 is 28.3 Å². The lowest BCUT2D eigenvalue weighted by Crippen LogP contribution is -2.69. The molecule has 0 aromatic carbocycles. The summed E-state index contributed by atoms with van der Waals surface area (Å²) < 4.78 is 5.42. The van der Waals surface area contributed by atoms with Crippen LogP contribution in [-0.2, 0) is 9.53 Å². The van der Waals surface area contributed by atoms with Crippen LogP contribution >= 0.6 is 0 Å². The number of anilines is 1. The van der Waals surface area contributed by atoms with Crippen LogP contribution in [-0.4, -0.2) is 60.2 Å². The maximum Gasteiger partial charge on any atom is 0.266 e. The van der Waals surface area contributed by atoms with Crippen molar-refractivity contribution in [2.75, 3.05) is 38.6 Å². The van der Waals surface area contributed by atoms with Crippen LogP contribution in [0.3, 0.4) is 0 Å². The molecule has 0 bridgehead atoms. The highest BCUT2D eigenvalue weighted by Gasteiger charge is 2.45. The SMILES string of the molecule is CC.CC1CCN(C2(CN)COC2)CC1N/C(=C(/N)C(N)=O)c1cc[nH]c1N. The van der Waals surface area contributed by atoms with Gasteiger partial charge >= 0.3 is 0 Å². The van der Waals surface area contributed by atoms with Gasteiger partial charge in [-0.2, -0.15) is 0 Å². The average Bonchev–Trinajstić information content (AvgIpc) is 3.08. The van der Waals surface area contributed by atoms with Crippen molar-refractivity contribution in [1.29, 1.82) is 0 Å². The van der Waals surface area contributed by atoms with Crippen LogP contribution in [0.1, 0.15) is 32.8 Å². The van der Waals surface area contributed by atoms with Crippen molar-refractivity contribution >= 4 is 17.4 Å². The summed E-state index contributed by atoms with van der Waals surface area (Å²) in [6.07, 6.45) is 2.71. The van der Waals surface area contributed by atoms with Crippen molar-refractivity contribution in [1.82, 2.24) is 15.2 Å². The molecule has 2 atom stereocenters. The van der Waals surface area contributed by atoms with Gasteiger partial charge in [-0.3, -0.25) is 9.69 Å². The maximum atomic E-state index is 11.7. The molecule has 3 rings (SSSR count). The van der Waals surface area contributed by atoms with E-state index in [9.17, 15) is 4.79 Å². The summed E-state index contributed by atoms with van der Waals surface area (Å²) in [5.41, 5.74) is 24.4. The standard InChI is InChI=1S/C17H29N7O2.C2H6/c1-10-3-5-24(17(7-18)8-26-9-17)6-12(10)23-14(13(19)16(21)25)11-2-4-22-15(11)20;1-2/h2,4,10,12,22-23H,3,5-9,18-20H2,1H3,(H2,21,25);1-2H3/b14-13+;. The Morgan fingerprint density at radius 3 is 2.54 bits per heavy atom. The molecule has 2 unspecified atom stereocenters. The van der Waals surface area contributed by atoms with Crippen molar-refractivity contribution in [3.05, 3.63) is 23.5 Å². The van der Waals surface area contributed by atoms with Gasteiger partial charge in [0.15, 0.2) is 0 Å². The van der Waals surface area contributed by atoms with Gasteiger partial charge in [0.05, 0.1) is 24.4 Å². The number of nitrogen functional groups attached to an aromatic ring is 1. The predicted octanol–water partition coefficient (Wildman–Crippen LogP) is -0.237. The minimum absolute atomic E-state index is 0.0267. The number of likely N-dealkylation sites (tertiary alicyclic amines) is 1. The van der Waals surface area contributed by atoms with Crippen LogP contribution in [0.4, 0.5) is 5.82 Å². The van der Waals surface area contributed by atoms with Gasteiger partial charge in [-0.05, 0) is 24.9 Å². The third-order valence-electron chi connectivity index (χ3n) is 5.66. The molecule has 2 saturated heterocycles. The molecule has 3 heterocycles. The van der Waals surface area contributed by atoms with E-state index in [1.54, 1.807) is 12.3 Å². The van der Waals surface area contributed by atoms with Gasteiger partial charge in [0.2, 0.25) is 0 Å². The molecule has 10 N–H and O–H groups in total. The number of nitrogens with one attached hydrogen (secondary N) is 2. The summed E-state index contributed by atoms with van der Waals surface area (Å²) in [5.74, 6) is 0.139. The van der Waals surface area contributed by atoms with Gasteiger partial charge in [0.1, 0.15) is 11.5 Å². The fraction of sp³-hybridized carbons (Fsp3) is 0.632. The van der Waals surface area contributed by atoms with E-state index in [1.807, 2.05) is 13.8 Å². The highest BCUT2D eigenvalue weighted by molar-refractivity contribution is 5.99. The zero-order valence-corrected chi connectivity index (χ0v) is 17.1. The minimum atomic E-state index is -0.681. The van der Waals surface area contributed by atoms with Crippen molar-refractivity contribution in [2.24, 2.45) is 23.1 Å². The molecule has 2 aliphatic rings. The van der Waals surface area contributed by atoms with Gasteiger partial charge < -0.3 is 38.0 Å². The Morgan fingerprint density at radius 2 is 2.07 bits per heavy atom. The van der Waals surface area contributed by atoms with Gasteiger partial charge in [-0.25, -0.2) is 0 Å². The van der Waals surface area contributed by atoms with Gasteiger partial charge in [-0.1, -0.05) is 20.8 Å². The quantitative estimate of drug-likeness (QED) is 0.363. The lowest BCUT2D eigenvalue weighted by Gasteiger charge is -2.53. The molecule has 0 saturated carbocycles. The lowest BCUT2D eigenvalue weighted by molar-refractivity contribution is -0.145. The van der Waals surface area contributed by atoms with E-state index < -0.39 is 5.91 Å². The molecule has 0 spiro atoms. The van der Waals surface area contributed by atoms with Crippen molar-refractivity contribution in [2.45, 2.75) is 38.8 Å². The van der Waals surface area contributed by atoms with E-state index >= 15 is 0 Å². The number of hydrogen-bond donors (Lipinski definition) is 6. The van der Waals surface area contributed by atoms with Crippen LogP contribution in [0.15, 0.2) is 18.0 Å². The highest BCUT2D eigenvalue weighted by Crippen LogP contribution is 2.31. The summed E-state index contributed by atoms with van der Waals surface area (Å²) in [5, 5.41) is 3.43. The Hall–Kier alpha value is -2.23. The number of aromatic nitrogens is 1. The Kier molecular flexibility index (Phi) is 7.34. The van der Waals surface area contributed by atoms with E-state index in [0.717, 1.165) is 19.5 Å². The summed E-state index contributed by atoms with van der Waals surface area (Å²) in [6, 6.07) is 1.86. The smallest absolute Gasteiger partial charge is 0.266 e. The van der Waals surface area contributed by atoms with Gasteiger partial charge in [0, 0.05) is 30.9 Å². The van der Waals surface area contributed by atoms with E-state index in [1.165, 1.54) is 0 Å². The first-order valence-electron chi connectivity index (χ1n) is 9.90. The number of nitrogens with zero attached hydrogens (tertiary/aromatic N) is 1. The topological polar surface area (TPSA) is 161 Å².